The van der Waals surface area contributed by atoms with E-state index in [1.807, 2.05) is 0 Å². The number of likely N-dealkylation sites (tertiary alicyclic amines) is 1. The Morgan fingerprint density at radius 1 is 1.27 bits per heavy atom. The van der Waals surface area contributed by atoms with E-state index in [0.29, 0.717) is 29.9 Å². The van der Waals surface area contributed by atoms with E-state index in [4.69, 9.17) is 4.74 Å². The molecule has 1 aliphatic heterocycles. The lowest BCUT2D eigenvalue weighted by atomic mass is 10.3. The Morgan fingerprint density at radius 2 is 1.97 bits per heavy atom. The van der Waals surface area contributed by atoms with Crippen molar-refractivity contribution in [1.82, 2.24) is 19.0 Å². The minimum atomic E-state index is -4.72. The first-order valence-corrected chi connectivity index (χ1v) is 12.1. The number of carbonyl (C=O) groups excluding carboxylic acids is 3. The van der Waals surface area contributed by atoms with Crippen LogP contribution >= 0.6 is 0 Å². The van der Waals surface area contributed by atoms with Crippen molar-refractivity contribution < 1.29 is 40.7 Å². The van der Waals surface area contributed by atoms with Crippen molar-refractivity contribution in [3.8, 4) is 5.88 Å². The molecule has 33 heavy (non-hydrogen) atoms. The largest absolute Gasteiger partial charge is 0.435 e. The van der Waals surface area contributed by atoms with Gasteiger partial charge < -0.3 is 9.64 Å². The predicted molar refractivity (Wildman–Crippen MR) is 109 cm³/mol. The summed E-state index contributed by atoms with van der Waals surface area (Å²) in [6.07, 6.45) is -4.05. The molecule has 186 valence electrons. The lowest BCUT2D eigenvalue weighted by molar-refractivity contribution is -0.141. The number of carbonyl (C=O) groups is 3. The molecule has 1 saturated heterocycles. The SMILES string of the molecule is CCCS(=O)(=O)N(CCCN1CCCC1=O)C(=O)CCC(=O)Oc1cc(C(F)(F)F)nn1C. The van der Waals surface area contributed by atoms with Crippen LogP contribution in [0.2, 0.25) is 0 Å². The molecule has 0 N–H and O–H groups in total. The maximum atomic E-state index is 12.7. The van der Waals surface area contributed by atoms with Gasteiger partial charge in [0.2, 0.25) is 27.7 Å². The maximum absolute atomic E-state index is 12.7. The number of amides is 2. The van der Waals surface area contributed by atoms with E-state index in [0.717, 1.165) is 18.2 Å². The van der Waals surface area contributed by atoms with E-state index in [2.05, 4.69) is 5.10 Å². The fourth-order valence-electron chi connectivity index (χ4n) is 3.32. The topological polar surface area (TPSA) is 119 Å². The third-order valence-corrected chi connectivity index (χ3v) is 6.91. The van der Waals surface area contributed by atoms with Gasteiger partial charge in [-0.25, -0.2) is 17.4 Å². The molecule has 2 amide bonds. The van der Waals surface area contributed by atoms with Gasteiger partial charge in [-0.15, -0.1) is 0 Å². The molecule has 0 aromatic carbocycles. The summed E-state index contributed by atoms with van der Waals surface area (Å²) in [6, 6.07) is 0.553. The Hall–Kier alpha value is -2.64. The number of hydrogen-bond donors (Lipinski definition) is 0. The van der Waals surface area contributed by atoms with Crippen LogP contribution in [0.4, 0.5) is 13.2 Å². The van der Waals surface area contributed by atoms with Crippen LogP contribution in [0, 0.1) is 0 Å². The molecule has 0 spiro atoms. The normalized spacial score (nSPS) is 14.6. The van der Waals surface area contributed by atoms with Gasteiger partial charge in [-0.2, -0.15) is 18.3 Å². The number of aromatic nitrogens is 2. The average molecular weight is 497 g/mol. The van der Waals surface area contributed by atoms with Crippen LogP contribution in [0.15, 0.2) is 6.07 Å². The molecule has 2 heterocycles. The summed E-state index contributed by atoms with van der Waals surface area (Å²) in [7, 11) is -2.76. The Kier molecular flexibility index (Phi) is 8.86. The summed E-state index contributed by atoms with van der Waals surface area (Å²) in [5, 5.41) is 3.21. The van der Waals surface area contributed by atoms with Gasteiger partial charge in [0.05, 0.1) is 12.2 Å². The number of nitrogens with zero attached hydrogens (tertiary/aromatic N) is 4. The number of esters is 1. The van der Waals surface area contributed by atoms with E-state index < -0.39 is 52.5 Å². The van der Waals surface area contributed by atoms with Crippen molar-refractivity contribution >= 4 is 27.8 Å². The molecule has 0 bridgehead atoms. The Bertz CT molecular complexity index is 977. The Morgan fingerprint density at radius 3 is 2.52 bits per heavy atom. The molecule has 0 unspecified atom stereocenters. The number of hydrogen-bond acceptors (Lipinski definition) is 7. The van der Waals surface area contributed by atoms with Crippen molar-refractivity contribution in [2.45, 2.75) is 51.6 Å². The Labute approximate surface area is 189 Å². The van der Waals surface area contributed by atoms with Crippen molar-refractivity contribution in [1.29, 1.82) is 0 Å². The predicted octanol–water partition coefficient (Wildman–Crippen LogP) is 1.71. The van der Waals surface area contributed by atoms with Gasteiger partial charge in [0.1, 0.15) is 0 Å². The van der Waals surface area contributed by atoms with Crippen molar-refractivity contribution in [2.24, 2.45) is 7.05 Å². The lowest BCUT2D eigenvalue weighted by Gasteiger charge is -2.24. The molecule has 1 aromatic rings. The Balaban J connectivity index is 1.96. The van der Waals surface area contributed by atoms with Gasteiger partial charge in [0, 0.05) is 45.6 Å². The van der Waals surface area contributed by atoms with Gasteiger partial charge in [0.25, 0.3) is 0 Å². The highest BCUT2D eigenvalue weighted by molar-refractivity contribution is 7.89. The summed E-state index contributed by atoms with van der Waals surface area (Å²) in [6.45, 7) is 2.40. The average Bonchev–Trinajstić information content (AvgIpc) is 3.28. The van der Waals surface area contributed by atoms with Crippen molar-refractivity contribution in [3.63, 3.8) is 0 Å². The van der Waals surface area contributed by atoms with Gasteiger partial charge in [0.15, 0.2) is 5.69 Å². The van der Waals surface area contributed by atoms with Gasteiger partial charge in [-0.1, -0.05) is 6.92 Å². The second-order valence-corrected chi connectivity index (χ2v) is 9.60. The number of rotatable bonds is 11. The fourth-order valence-corrected chi connectivity index (χ4v) is 4.86. The van der Waals surface area contributed by atoms with Crippen LogP contribution in [-0.4, -0.2) is 70.6 Å². The van der Waals surface area contributed by atoms with Crippen LogP contribution in [0.3, 0.4) is 0 Å². The lowest BCUT2D eigenvalue weighted by Crippen LogP contribution is -2.40. The molecule has 10 nitrogen and oxygen atoms in total. The standard InChI is InChI=1S/C19H27F3N4O6S/c1-3-12-33(30,31)26(11-5-10-25-9-4-6-15(25)27)16(28)7-8-18(29)32-17-13-14(19(20,21)22)23-24(17)2/h13H,3-12H2,1-2H3. The molecular formula is C19H27F3N4O6S. The number of aryl methyl sites for hydroxylation is 1. The van der Waals surface area contributed by atoms with Gasteiger partial charge in [-0.05, 0) is 19.3 Å². The third kappa shape index (κ3) is 7.44. The van der Waals surface area contributed by atoms with E-state index in [1.54, 1.807) is 11.8 Å². The molecular weight excluding hydrogens is 469 g/mol. The van der Waals surface area contributed by atoms with Crippen molar-refractivity contribution in [2.75, 3.05) is 25.4 Å². The summed E-state index contributed by atoms with van der Waals surface area (Å²) < 4.78 is 69.5. The van der Waals surface area contributed by atoms with Gasteiger partial charge in [-0.3, -0.25) is 14.4 Å². The molecule has 0 radical (unpaired) electrons. The monoisotopic (exact) mass is 496 g/mol. The molecule has 0 aliphatic carbocycles. The van der Waals surface area contributed by atoms with E-state index in [9.17, 15) is 36.0 Å². The highest BCUT2D eigenvalue weighted by Crippen LogP contribution is 2.30. The molecule has 0 saturated carbocycles. The molecule has 0 atom stereocenters. The number of sulfonamides is 1. The number of alkyl halides is 3. The second-order valence-electron chi connectivity index (χ2n) is 7.58. The van der Waals surface area contributed by atoms with Crippen LogP contribution < -0.4 is 4.74 Å². The number of halogens is 3. The van der Waals surface area contributed by atoms with E-state index >= 15 is 0 Å². The third-order valence-electron chi connectivity index (χ3n) is 4.93. The van der Waals surface area contributed by atoms with E-state index in [-0.39, 0.29) is 31.0 Å². The minimum absolute atomic E-state index is 0.0177. The molecule has 2 rings (SSSR count). The smallest absolute Gasteiger partial charge is 0.408 e. The fraction of sp³-hybridized carbons (Fsp3) is 0.684. The number of ether oxygens (including phenoxy) is 1. The zero-order valence-corrected chi connectivity index (χ0v) is 19.2. The summed E-state index contributed by atoms with van der Waals surface area (Å²) in [5.41, 5.74) is -1.24. The molecule has 1 aromatic heterocycles. The van der Waals surface area contributed by atoms with Crippen LogP contribution in [0.1, 0.15) is 51.1 Å². The van der Waals surface area contributed by atoms with Crippen LogP contribution in [0.5, 0.6) is 5.88 Å². The first-order chi connectivity index (χ1) is 15.3. The zero-order chi connectivity index (χ0) is 24.8. The molecule has 14 heteroatoms. The summed E-state index contributed by atoms with van der Waals surface area (Å²) >= 11 is 0. The van der Waals surface area contributed by atoms with Crippen LogP contribution in [-0.2, 0) is 37.6 Å². The first kappa shape index (κ1) is 26.6. The second kappa shape index (κ2) is 11.0. The summed E-state index contributed by atoms with van der Waals surface area (Å²) in [5.74, 6) is -2.56. The highest BCUT2D eigenvalue weighted by atomic mass is 32.2. The van der Waals surface area contributed by atoms with Gasteiger partial charge >= 0.3 is 12.1 Å². The molecule has 1 fully saturated rings. The maximum Gasteiger partial charge on any atom is 0.435 e. The zero-order valence-electron chi connectivity index (χ0n) is 18.4. The van der Waals surface area contributed by atoms with Crippen molar-refractivity contribution in [3.05, 3.63) is 11.8 Å². The molecule has 1 aliphatic rings. The highest BCUT2D eigenvalue weighted by Gasteiger charge is 2.35. The minimum Gasteiger partial charge on any atom is -0.408 e. The first-order valence-electron chi connectivity index (χ1n) is 10.5. The van der Waals surface area contributed by atoms with E-state index in [1.165, 1.54) is 0 Å². The summed E-state index contributed by atoms with van der Waals surface area (Å²) in [4.78, 5) is 38.0. The van der Waals surface area contributed by atoms with Crippen LogP contribution in [0.25, 0.3) is 0 Å². The quantitative estimate of drug-likeness (QED) is 0.428.